The molecule has 3 rings (SSSR count). The number of likely N-dealkylation sites (N-methyl/N-ethyl adjacent to an activating group) is 1. The molecular formula is C20H28N4O. The number of nitrogens with zero attached hydrogens (tertiary/aromatic N) is 4. The molecule has 0 spiro atoms. The second-order valence-corrected chi connectivity index (χ2v) is 6.90. The minimum atomic E-state index is 0.223. The van der Waals surface area contributed by atoms with Crippen molar-refractivity contribution >= 4 is 5.91 Å². The molecule has 1 fully saturated rings. The zero-order chi connectivity index (χ0) is 17.6. The van der Waals surface area contributed by atoms with Gasteiger partial charge in [-0.1, -0.05) is 37.3 Å². The van der Waals surface area contributed by atoms with Gasteiger partial charge < -0.3 is 9.47 Å². The number of imidazole rings is 1. The van der Waals surface area contributed by atoms with E-state index in [-0.39, 0.29) is 5.91 Å². The Labute approximate surface area is 150 Å². The summed E-state index contributed by atoms with van der Waals surface area (Å²) in [5.74, 6) is 1.33. The SMILES string of the molecule is CCc1nccn1C1CCCN(C(=O)CN(C)Cc2ccccc2)C1. The molecule has 0 radical (unpaired) electrons. The number of carbonyl (C=O) groups excluding carboxylic acids is 1. The van der Waals surface area contributed by atoms with Crippen molar-refractivity contribution in [1.82, 2.24) is 19.4 Å². The Kier molecular flexibility index (Phi) is 5.87. The number of benzene rings is 1. The molecule has 0 aliphatic carbocycles. The third-order valence-electron chi connectivity index (χ3n) is 4.91. The number of likely N-dealkylation sites (tertiary alicyclic amines) is 1. The standard InChI is InChI=1S/C20H28N4O/c1-3-19-21-11-13-24(19)18-10-7-12-23(15-18)20(25)16-22(2)14-17-8-5-4-6-9-17/h4-6,8-9,11,13,18H,3,7,10,12,14-16H2,1-2H3. The third-order valence-corrected chi connectivity index (χ3v) is 4.91. The van der Waals surface area contributed by atoms with Crippen molar-refractivity contribution < 1.29 is 4.79 Å². The lowest BCUT2D eigenvalue weighted by atomic mass is 10.0. The van der Waals surface area contributed by atoms with Crippen LogP contribution in [0.25, 0.3) is 0 Å². The van der Waals surface area contributed by atoms with Gasteiger partial charge in [-0.3, -0.25) is 9.69 Å². The predicted octanol–water partition coefficient (Wildman–Crippen LogP) is 2.74. The molecule has 25 heavy (non-hydrogen) atoms. The number of hydrogen-bond donors (Lipinski definition) is 0. The fourth-order valence-corrected chi connectivity index (χ4v) is 3.64. The van der Waals surface area contributed by atoms with Gasteiger partial charge in [0.15, 0.2) is 0 Å². The minimum Gasteiger partial charge on any atom is -0.340 e. The zero-order valence-corrected chi connectivity index (χ0v) is 15.3. The molecule has 1 amide bonds. The van der Waals surface area contributed by atoms with E-state index in [2.05, 4.69) is 39.7 Å². The van der Waals surface area contributed by atoms with Crippen LogP contribution in [0.4, 0.5) is 0 Å². The highest BCUT2D eigenvalue weighted by atomic mass is 16.2. The van der Waals surface area contributed by atoms with Gasteiger partial charge in [0.25, 0.3) is 0 Å². The van der Waals surface area contributed by atoms with Crippen LogP contribution >= 0.6 is 0 Å². The van der Waals surface area contributed by atoms with Gasteiger partial charge >= 0.3 is 0 Å². The van der Waals surface area contributed by atoms with Crippen molar-refractivity contribution in [2.45, 2.75) is 38.8 Å². The minimum absolute atomic E-state index is 0.223. The molecule has 1 atom stereocenters. The Morgan fingerprint density at radius 1 is 1.32 bits per heavy atom. The van der Waals surface area contributed by atoms with Gasteiger partial charge in [0.2, 0.25) is 5.91 Å². The summed E-state index contributed by atoms with van der Waals surface area (Å²) >= 11 is 0. The summed E-state index contributed by atoms with van der Waals surface area (Å²) in [6.07, 6.45) is 7.02. The predicted molar refractivity (Wildman–Crippen MR) is 99.2 cm³/mol. The largest absolute Gasteiger partial charge is 0.340 e. The summed E-state index contributed by atoms with van der Waals surface area (Å²) in [5, 5.41) is 0. The molecule has 0 saturated carbocycles. The Morgan fingerprint density at radius 3 is 2.88 bits per heavy atom. The number of aryl methyl sites for hydroxylation is 1. The maximum absolute atomic E-state index is 12.7. The second-order valence-electron chi connectivity index (χ2n) is 6.90. The molecule has 1 unspecified atom stereocenters. The van der Waals surface area contributed by atoms with Crippen LogP contribution in [-0.2, 0) is 17.8 Å². The van der Waals surface area contributed by atoms with Gasteiger partial charge in [-0.05, 0) is 25.5 Å². The average molecular weight is 340 g/mol. The van der Waals surface area contributed by atoms with E-state index >= 15 is 0 Å². The van der Waals surface area contributed by atoms with Gasteiger partial charge in [-0.15, -0.1) is 0 Å². The number of aromatic nitrogens is 2. The highest BCUT2D eigenvalue weighted by molar-refractivity contribution is 5.78. The molecule has 1 aromatic carbocycles. The van der Waals surface area contributed by atoms with Crippen molar-refractivity contribution in [1.29, 1.82) is 0 Å². The van der Waals surface area contributed by atoms with E-state index in [0.29, 0.717) is 12.6 Å². The molecular weight excluding hydrogens is 312 g/mol. The molecule has 1 aromatic heterocycles. The van der Waals surface area contributed by atoms with Crippen molar-refractivity contribution in [3.8, 4) is 0 Å². The smallest absolute Gasteiger partial charge is 0.236 e. The van der Waals surface area contributed by atoms with E-state index in [4.69, 9.17) is 0 Å². The zero-order valence-electron chi connectivity index (χ0n) is 15.3. The van der Waals surface area contributed by atoms with Crippen LogP contribution in [0.15, 0.2) is 42.7 Å². The van der Waals surface area contributed by atoms with E-state index in [1.807, 2.05) is 36.3 Å². The normalized spacial score (nSPS) is 17.9. The highest BCUT2D eigenvalue weighted by Gasteiger charge is 2.26. The molecule has 134 valence electrons. The number of carbonyl (C=O) groups is 1. The summed E-state index contributed by atoms with van der Waals surface area (Å²) in [4.78, 5) is 21.3. The topological polar surface area (TPSA) is 41.4 Å². The molecule has 1 saturated heterocycles. The van der Waals surface area contributed by atoms with E-state index in [0.717, 1.165) is 44.7 Å². The Morgan fingerprint density at radius 2 is 2.12 bits per heavy atom. The van der Waals surface area contributed by atoms with Crippen LogP contribution in [0.2, 0.25) is 0 Å². The van der Waals surface area contributed by atoms with E-state index < -0.39 is 0 Å². The lowest BCUT2D eigenvalue weighted by Gasteiger charge is -2.35. The van der Waals surface area contributed by atoms with Gasteiger partial charge in [0.1, 0.15) is 5.82 Å². The lowest BCUT2D eigenvalue weighted by molar-refractivity contribution is -0.133. The van der Waals surface area contributed by atoms with Crippen molar-refractivity contribution in [3.63, 3.8) is 0 Å². The Hall–Kier alpha value is -2.14. The van der Waals surface area contributed by atoms with Gasteiger partial charge in [-0.25, -0.2) is 4.98 Å². The van der Waals surface area contributed by atoms with Crippen LogP contribution in [0.3, 0.4) is 0 Å². The van der Waals surface area contributed by atoms with E-state index in [1.54, 1.807) is 0 Å². The first kappa shape index (κ1) is 17.7. The number of piperidine rings is 1. The second kappa shape index (κ2) is 8.30. The summed E-state index contributed by atoms with van der Waals surface area (Å²) in [5.41, 5.74) is 1.24. The third kappa shape index (κ3) is 4.48. The molecule has 1 aliphatic rings. The van der Waals surface area contributed by atoms with Gasteiger partial charge in [0, 0.05) is 38.4 Å². The first-order valence-corrected chi connectivity index (χ1v) is 9.19. The van der Waals surface area contributed by atoms with Crippen LogP contribution in [-0.4, -0.2) is 51.9 Å². The summed E-state index contributed by atoms with van der Waals surface area (Å²) in [7, 11) is 2.01. The van der Waals surface area contributed by atoms with Crippen LogP contribution in [0, 0.1) is 0 Å². The Bertz CT molecular complexity index is 682. The molecule has 2 aromatic rings. The monoisotopic (exact) mass is 340 g/mol. The van der Waals surface area contributed by atoms with Gasteiger partial charge in [-0.2, -0.15) is 0 Å². The fourth-order valence-electron chi connectivity index (χ4n) is 3.64. The molecule has 2 heterocycles. The summed E-state index contributed by atoms with van der Waals surface area (Å²) < 4.78 is 2.26. The number of hydrogen-bond acceptors (Lipinski definition) is 3. The average Bonchev–Trinajstić information content (AvgIpc) is 3.11. The lowest BCUT2D eigenvalue weighted by Crippen LogP contribution is -2.44. The molecule has 0 bridgehead atoms. The highest BCUT2D eigenvalue weighted by Crippen LogP contribution is 2.23. The van der Waals surface area contributed by atoms with Crippen LogP contribution in [0.5, 0.6) is 0 Å². The van der Waals surface area contributed by atoms with E-state index in [9.17, 15) is 4.79 Å². The maximum Gasteiger partial charge on any atom is 0.236 e. The first-order valence-electron chi connectivity index (χ1n) is 9.19. The van der Waals surface area contributed by atoms with Gasteiger partial charge in [0.05, 0.1) is 12.6 Å². The molecule has 5 heteroatoms. The summed E-state index contributed by atoms with van der Waals surface area (Å²) in [6.45, 7) is 5.05. The van der Waals surface area contributed by atoms with E-state index in [1.165, 1.54) is 5.56 Å². The van der Waals surface area contributed by atoms with Crippen LogP contribution < -0.4 is 0 Å². The quantitative estimate of drug-likeness (QED) is 0.812. The Balaban J connectivity index is 1.56. The van der Waals surface area contributed by atoms with Crippen molar-refractivity contribution in [3.05, 3.63) is 54.1 Å². The van der Waals surface area contributed by atoms with Crippen molar-refractivity contribution in [2.24, 2.45) is 0 Å². The fraction of sp³-hybridized carbons (Fsp3) is 0.500. The maximum atomic E-state index is 12.7. The molecule has 0 N–H and O–H groups in total. The number of rotatable bonds is 6. The summed E-state index contributed by atoms with van der Waals surface area (Å²) in [6, 6.07) is 10.7. The molecule has 5 nitrogen and oxygen atoms in total. The van der Waals surface area contributed by atoms with Crippen LogP contribution in [0.1, 0.15) is 37.2 Å². The van der Waals surface area contributed by atoms with Crippen molar-refractivity contribution in [2.75, 3.05) is 26.7 Å². The molecule has 1 aliphatic heterocycles. The number of amides is 1. The first-order chi connectivity index (χ1) is 12.2.